The van der Waals surface area contributed by atoms with Crippen molar-refractivity contribution in [3.05, 3.63) is 70.8 Å². The molecule has 0 spiro atoms. The summed E-state index contributed by atoms with van der Waals surface area (Å²) < 4.78 is 51.0. The summed E-state index contributed by atoms with van der Waals surface area (Å²) in [5, 5.41) is 9.08. The molecule has 23 heavy (non-hydrogen) atoms. The first-order valence-corrected chi connectivity index (χ1v) is 8.83. The molecule has 0 aliphatic rings. The molecule has 124 valence electrons. The van der Waals surface area contributed by atoms with Gasteiger partial charge in [0, 0.05) is 0 Å². The van der Waals surface area contributed by atoms with E-state index in [-0.39, 0.29) is 5.56 Å². The maximum absolute atomic E-state index is 13.3. The van der Waals surface area contributed by atoms with Gasteiger partial charge < -0.3 is 5.11 Å². The Morgan fingerprint density at radius 1 is 1.00 bits per heavy atom. The number of halogens is 2. The molecule has 2 unspecified atom stereocenters. The van der Waals surface area contributed by atoms with Crippen molar-refractivity contribution in [2.45, 2.75) is 25.2 Å². The predicted octanol–water partition coefficient (Wildman–Crippen LogP) is 3.48. The lowest BCUT2D eigenvalue weighted by atomic mass is 10.1. The van der Waals surface area contributed by atoms with E-state index in [1.165, 1.54) is 13.0 Å². The topological polar surface area (TPSA) is 54.4 Å². The normalized spacial score (nSPS) is 14.5. The van der Waals surface area contributed by atoms with Gasteiger partial charge in [0.15, 0.2) is 21.5 Å². The molecule has 6 heteroatoms. The van der Waals surface area contributed by atoms with Gasteiger partial charge in [0.25, 0.3) is 0 Å². The minimum atomic E-state index is -3.74. The van der Waals surface area contributed by atoms with Crippen molar-refractivity contribution in [3.8, 4) is 0 Å². The van der Waals surface area contributed by atoms with Gasteiger partial charge in [-0.3, -0.25) is 0 Å². The number of aliphatic hydroxyl groups is 1. The van der Waals surface area contributed by atoms with Crippen LogP contribution in [0, 0.1) is 18.6 Å². The molecule has 2 aromatic rings. The summed E-state index contributed by atoms with van der Waals surface area (Å²) >= 11 is 0. The first-order chi connectivity index (χ1) is 10.7. The van der Waals surface area contributed by atoms with Crippen molar-refractivity contribution < 1.29 is 22.3 Å². The minimum absolute atomic E-state index is 0.153. The molecule has 0 aliphatic carbocycles. The lowest BCUT2D eigenvalue weighted by molar-refractivity contribution is 0.201. The van der Waals surface area contributed by atoms with Crippen LogP contribution in [0.5, 0.6) is 0 Å². The zero-order chi connectivity index (χ0) is 17.2. The van der Waals surface area contributed by atoms with Crippen LogP contribution in [0.3, 0.4) is 0 Å². The molecule has 1 N–H and O–H groups in total. The van der Waals surface area contributed by atoms with Crippen LogP contribution in [0.1, 0.15) is 35.0 Å². The van der Waals surface area contributed by atoms with Gasteiger partial charge in [-0.15, -0.1) is 0 Å². The first kappa shape index (κ1) is 17.6. The SMILES string of the molecule is Cc1ccc(C(O)CS(=O)(=O)C(C)c2ccc(F)c(F)c2)cc1. The monoisotopic (exact) mass is 340 g/mol. The third kappa shape index (κ3) is 4.14. The molecule has 2 aromatic carbocycles. The molecule has 0 saturated carbocycles. The second-order valence-electron chi connectivity index (χ2n) is 5.57. The largest absolute Gasteiger partial charge is 0.387 e. The molecule has 0 saturated heterocycles. The third-order valence-electron chi connectivity index (χ3n) is 3.80. The van der Waals surface area contributed by atoms with Crippen LogP contribution in [0.25, 0.3) is 0 Å². The van der Waals surface area contributed by atoms with Gasteiger partial charge in [0.1, 0.15) is 0 Å². The van der Waals surface area contributed by atoms with Crippen LogP contribution in [0.2, 0.25) is 0 Å². The lowest BCUT2D eigenvalue weighted by Gasteiger charge is -2.17. The van der Waals surface area contributed by atoms with Gasteiger partial charge >= 0.3 is 0 Å². The Morgan fingerprint density at radius 3 is 2.13 bits per heavy atom. The van der Waals surface area contributed by atoms with Crippen LogP contribution >= 0.6 is 0 Å². The van der Waals surface area contributed by atoms with E-state index in [0.29, 0.717) is 5.56 Å². The van der Waals surface area contributed by atoms with Crippen molar-refractivity contribution in [1.82, 2.24) is 0 Å². The van der Waals surface area contributed by atoms with E-state index in [4.69, 9.17) is 0 Å². The van der Waals surface area contributed by atoms with Gasteiger partial charge in [-0.2, -0.15) is 0 Å². The second kappa shape index (κ2) is 6.76. The molecular weight excluding hydrogens is 322 g/mol. The Balaban J connectivity index is 2.20. The van der Waals surface area contributed by atoms with Crippen molar-refractivity contribution in [3.63, 3.8) is 0 Å². The van der Waals surface area contributed by atoms with Crippen LogP contribution in [0.15, 0.2) is 42.5 Å². The van der Waals surface area contributed by atoms with Crippen LogP contribution in [-0.2, 0) is 9.84 Å². The Labute approximate surface area is 134 Å². The number of hydrogen-bond donors (Lipinski definition) is 1. The molecule has 3 nitrogen and oxygen atoms in total. The number of hydrogen-bond acceptors (Lipinski definition) is 3. The highest BCUT2D eigenvalue weighted by molar-refractivity contribution is 7.91. The first-order valence-electron chi connectivity index (χ1n) is 7.12. The van der Waals surface area contributed by atoms with E-state index in [1.807, 2.05) is 6.92 Å². The number of benzene rings is 2. The van der Waals surface area contributed by atoms with E-state index in [0.717, 1.165) is 17.7 Å². The summed E-state index contributed by atoms with van der Waals surface area (Å²) in [5.41, 5.74) is 1.65. The number of aliphatic hydroxyl groups excluding tert-OH is 1. The van der Waals surface area contributed by atoms with Crippen molar-refractivity contribution in [2.75, 3.05) is 5.75 Å². The van der Waals surface area contributed by atoms with Crippen LogP contribution < -0.4 is 0 Å². The summed E-state index contributed by atoms with van der Waals surface area (Å²) in [5.74, 6) is -2.61. The number of sulfone groups is 1. The maximum Gasteiger partial charge on any atom is 0.159 e. The van der Waals surface area contributed by atoms with Crippen molar-refractivity contribution in [2.24, 2.45) is 0 Å². The van der Waals surface area contributed by atoms with Crippen LogP contribution in [0.4, 0.5) is 8.78 Å². The summed E-state index contributed by atoms with van der Waals surface area (Å²) in [7, 11) is -3.74. The van der Waals surface area contributed by atoms with Gasteiger partial charge in [-0.05, 0) is 37.1 Å². The molecular formula is C17H18F2O3S. The van der Waals surface area contributed by atoms with E-state index >= 15 is 0 Å². The molecule has 2 rings (SSSR count). The molecule has 0 bridgehead atoms. The highest BCUT2D eigenvalue weighted by Gasteiger charge is 2.27. The second-order valence-corrected chi connectivity index (χ2v) is 7.94. The highest BCUT2D eigenvalue weighted by Crippen LogP contribution is 2.27. The molecule has 0 radical (unpaired) electrons. The van der Waals surface area contributed by atoms with Crippen LogP contribution in [-0.4, -0.2) is 19.3 Å². The number of aryl methyl sites for hydroxylation is 1. The lowest BCUT2D eigenvalue weighted by Crippen LogP contribution is -2.20. The predicted molar refractivity (Wildman–Crippen MR) is 84.7 cm³/mol. The molecule has 0 fully saturated rings. The molecule has 0 aromatic heterocycles. The summed E-state index contributed by atoms with van der Waals surface area (Å²) in [4.78, 5) is 0. The smallest absolute Gasteiger partial charge is 0.159 e. The highest BCUT2D eigenvalue weighted by atomic mass is 32.2. The Hall–Kier alpha value is -1.79. The van der Waals surface area contributed by atoms with Crippen molar-refractivity contribution in [1.29, 1.82) is 0 Å². The van der Waals surface area contributed by atoms with Gasteiger partial charge in [0.2, 0.25) is 0 Å². The maximum atomic E-state index is 13.3. The minimum Gasteiger partial charge on any atom is -0.387 e. The Bertz CT molecular complexity index is 786. The quantitative estimate of drug-likeness (QED) is 0.906. The third-order valence-corrected chi connectivity index (χ3v) is 5.93. The van der Waals surface area contributed by atoms with Crippen molar-refractivity contribution >= 4 is 9.84 Å². The van der Waals surface area contributed by atoms with E-state index < -0.39 is 38.6 Å². The zero-order valence-corrected chi connectivity index (χ0v) is 13.6. The fraction of sp³-hybridized carbons (Fsp3) is 0.294. The summed E-state index contributed by atoms with van der Waals surface area (Å²) in [6, 6.07) is 9.89. The molecule has 0 amide bonds. The Morgan fingerprint density at radius 2 is 1.57 bits per heavy atom. The molecule has 2 atom stereocenters. The van der Waals surface area contributed by atoms with Gasteiger partial charge in [-0.25, -0.2) is 17.2 Å². The average molecular weight is 340 g/mol. The van der Waals surface area contributed by atoms with Gasteiger partial charge in [0.05, 0.1) is 17.1 Å². The standard InChI is InChI=1S/C17H18F2O3S/c1-11-3-5-13(6-4-11)17(20)10-23(21,22)12(2)14-7-8-15(18)16(19)9-14/h3-9,12,17,20H,10H2,1-2H3. The zero-order valence-electron chi connectivity index (χ0n) is 12.8. The Kier molecular flexibility index (Phi) is 5.16. The van der Waals surface area contributed by atoms with E-state index in [2.05, 4.69) is 0 Å². The van der Waals surface area contributed by atoms with E-state index in [9.17, 15) is 22.3 Å². The number of rotatable bonds is 5. The fourth-order valence-electron chi connectivity index (χ4n) is 2.22. The van der Waals surface area contributed by atoms with Gasteiger partial charge in [-0.1, -0.05) is 35.9 Å². The molecule has 0 aliphatic heterocycles. The fourth-order valence-corrected chi connectivity index (χ4v) is 3.70. The summed E-state index contributed by atoms with van der Waals surface area (Å²) in [6.07, 6.45) is -1.17. The van der Waals surface area contributed by atoms with E-state index in [1.54, 1.807) is 24.3 Å². The molecule has 0 heterocycles. The summed E-state index contributed by atoms with van der Waals surface area (Å²) in [6.45, 7) is 3.28. The average Bonchev–Trinajstić information content (AvgIpc) is 2.49.